The van der Waals surface area contributed by atoms with Crippen molar-refractivity contribution in [2.24, 2.45) is 5.16 Å². The number of oxime groups is 1. The van der Waals surface area contributed by atoms with Gasteiger partial charge in [-0.05, 0) is 12.5 Å². The molecule has 0 radical (unpaired) electrons. The third-order valence-electron chi connectivity index (χ3n) is 3.23. The van der Waals surface area contributed by atoms with E-state index in [1.165, 1.54) is 6.21 Å². The second-order valence-corrected chi connectivity index (χ2v) is 5.28. The minimum Gasteiger partial charge on any atom is -0.353 e. The van der Waals surface area contributed by atoms with Gasteiger partial charge in [0.2, 0.25) is 0 Å². The van der Waals surface area contributed by atoms with Crippen molar-refractivity contribution in [3.8, 4) is 6.01 Å². The summed E-state index contributed by atoms with van der Waals surface area (Å²) in [4.78, 5) is 14.3. The number of anilines is 1. The second kappa shape index (κ2) is 10.6. The lowest BCUT2D eigenvalue weighted by atomic mass is 10.2. The van der Waals surface area contributed by atoms with Crippen molar-refractivity contribution in [3.63, 3.8) is 0 Å². The molecule has 5 nitrogen and oxygen atoms in total. The van der Waals surface area contributed by atoms with Gasteiger partial charge in [-0.25, -0.2) is 4.39 Å². The zero-order valence-corrected chi connectivity index (χ0v) is 14.8. The van der Waals surface area contributed by atoms with E-state index in [2.05, 4.69) is 15.1 Å². The summed E-state index contributed by atoms with van der Waals surface area (Å²) in [6.07, 6.45) is 2.53. The quantitative estimate of drug-likeness (QED) is 0.507. The molecular formula is C20H21FN4O. The summed E-state index contributed by atoms with van der Waals surface area (Å²) >= 11 is 0. The Balaban J connectivity index is 0.000000342. The number of hydrogen-bond acceptors (Lipinski definition) is 5. The summed E-state index contributed by atoms with van der Waals surface area (Å²) in [5, 5.41) is 3.57. The molecule has 0 saturated heterocycles. The Bertz CT molecular complexity index is 771. The Kier molecular flexibility index (Phi) is 7.74. The summed E-state index contributed by atoms with van der Waals surface area (Å²) in [6, 6.07) is 21.7. The molecule has 0 aliphatic rings. The third kappa shape index (κ3) is 6.32. The van der Waals surface area contributed by atoms with Gasteiger partial charge in [0.1, 0.15) is 0 Å². The van der Waals surface area contributed by atoms with E-state index in [0.29, 0.717) is 6.54 Å². The highest BCUT2D eigenvalue weighted by Crippen LogP contribution is 2.19. The third-order valence-corrected chi connectivity index (χ3v) is 3.23. The van der Waals surface area contributed by atoms with E-state index in [9.17, 15) is 4.39 Å². The summed E-state index contributed by atoms with van der Waals surface area (Å²) in [7, 11) is 1.76. The molecule has 0 N–H and O–H groups in total. The first-order valence-electron chi connectivity index (χ1n) is 8.13. The van der Waals surface area contributed by atoms with E-state index >= 15 is 0 Å². The molecule has 0 spiro atoms. The molecule has 0 amide bonds. The lowest BCUT2D eigenvalue weighted by molar-refractivity contribution is 0.313. The van der Waals surface area contributed by atoms with E-state index in [1.807, 2.05) is 66.7 Å². The van der Waals surface area contributed by atoms with Crippen LogP contribution in [0.15, 0.2) is 78.1 Å². The van der Waals surface area contributed by atoms with Crippen molar-refractivity contribution in [3.05, 3.63) is 84.3 Å². The minimum absolute atomic E-state index is 0.0133. The SMILES string of the molecule is C/C=N/Oc1ncc(F)c(N(C)Cc2ccccc2)n1.c1ccccc1. The highest BCUT2D eigenvalue weighted by molar-refractivity contribution is 5.52. The van der Waals surface area contributed by atoms with Crippen LogP contribution in [0.2, 0.25) is 0 Å². The Labute approximate surface area is 152 Å². The fourth-order valence-electron chi connectivity index (χ4n) is 2.07. The standard InChI is InChI=1S/C14H15FN4O.C6H6/c1-3-17-20-14-16-9-12(15)13(18-14)19(2)10-11-7-5-4-6-8-11;1-2-4-6-5-3-1/h3-9H,10H2,1-2H3;1-6H/b17-3+;. The van der Waals surface area contributed by atoms with Gasteiger partial charge in [-0.1, -0.05) is 71.9 Å². The van der Waals surface area contributed by atoms with Crippen LogP contribution in [0.5, 0.6) is 6.01 Å². The number of halogens is 1. The average molecular weight is 352 g/mol. The molecule has 0 aliphatic heterocycles. The first-order chi connectivity index (χ1) is 12.7. The molecule has 6 heteroatoms. The van der Waals surface area contributed by atoms with Gasteiger partial charge in [-0.3, -0.25) is 0 Å². The molecular weight excluding hydrogens is 331 g/mol. The summed E-state index contributed by atoms with van der Waals surface area (Å²) in [5.74, 6) is -0.332. The fourth-order valence-corrected chi connectivity index (χ4v) is 2.07. The lowest BCUT2D eigenvalue weighted by Gasteiger charge is -2.18. The monoisotopic (exact) mass is 352 g/mol. The molecule has 134 valence electrons. The summed E-state index contributed by atoms with van der Waals surface area (Å²) in [6.45, 7) is 2.23. The van der Waals surface area contributed by atoms with Crippen LogP contribution in [0.3, 0.4) is 0 Å². The lowest BCUT2D eigenvalue weighted by Crippen LogP contribution is -2.19. The number of aromatic nitrogens is 2. The van der Waals surface area contributed by atoms with Crippen molar-refractivity contribution >= 4 is 12.0 Å². The predicted octanol–water partition coefficient (Wildman–Crippen LogP) is 4.32. The normalized spacial score (nSPS) is 10.1. The molecule has 1 heterocycles. The van der Waals surface area contributed by atoms with E-state index < -0.39 is 5.82 Å². The van der Waals surface area contributed by atoms with Crippen molar-refractivity contribution in [2.45, 2.75) is 13.5 Å². The average Bonchev–Trinajstić information content (AvgIpc) is 2.70. The van der Waals surface area contributed by atoms with E-state index in [-0.39, 0.29) is 11.8 Å². The number of hydrogen-bond donors (Lipinski definition) is 0. The zero-order chi connectivity index (χ0) is 18.6. The molecule has 3 rings (SSSR count). The molecule has 0 bridgehead atoms. The largest absolute Gasteiger partial charge is 0.353 e. The molecule has 2 aromatic carbocycles. The predicted molar refractivity (Wildman–Crippen MR) is 102 cm³/mol. The van der Waals surface area contributed by atoms with Crippen LogP contribution in [0.25, 0.3) is 0 Å². The molecule has 26 heavy (non-hydrogen) atoms. The molecule has 0 fully saturated rings. The zero-order valence-electron chi connectivity index (χ0n) is 14.8. The first kappa shape index (κ1) is 19.1. The molecule has 0 unspecified atom stereocenters. The highest BCUT2D eigenvalue weighted by atomic mass is 19.1. The Morgan fingerprint density at radius 1 is 1.04 bits per heavy atom. The van der Waals surface area contributed by atoms with Crippen molar-refractivity contribution < 1.29 is 9.23 Å². The van der Waals surface area contributed by atoms with E-state index in [4.69, 9.17) is 4.84 Å². The minimum atomic E-state index is -0.503. The maximum atomic E-state index is 13.8. The molecule has 0 saturated carbocycles. The van der Waals surface area contributed by atoms with Gasteiger partial charge in [0.25, 0.3) is 0 Å². The van der Waals surface area contributed by atoms with Gasteiger partial charge in [-0.2, -0.15) is 9.97 Å². The number of benzene rings is 2. The molecule has 1 aromatic heterocycles. The van der Waals surface area contributed by atoms with Gasteiger partial charge in [0.05, 0.1) is 6.20 Å². The van der Waals surface area contributed by atoms with Crippen LogP contribution >= 0.6 is 0 Å². The Morgan fingerprint density at radius 3 is 2.19 bits per heavy atom. The van der Waals surface area contributed by atoms with Crippen LogP contribution in [0.1, 0.15) is 12.5 Å². The number of rotatable bonds is 5. The van der Waals surface area contributed by atoms with E-state index in [0.717, 1.165) is 11.8 Å². The molecule has 0 aliphatic carbocycles. The molecule has 0 atom stereocenters. The van der Waals surface area contributed by atoms with Gasteiger partial charge in [0, 0.05) is 19.8 Å². The van der Waals surface area contributed by atoms with Crippen LogP contribution in [0, 0.1) is 5.82 Å². The van der Waals surface area contributed by atoms with Crippen LogP contribution in [-0.2, 0) is 6.54 Å². The van der Waals surface area contributed by atoms with Crippen LogP contribution in [-0.4, -0.2) is 23.2 Å². The van der Waals surface area contributed by atoms with Crippen molar-refractivity contribution in [1.29, 1.82) is 0 Å². The van der Waals surface area contributed by atoms with Gasteiger partial charge in [-0.15, -0.1) is 0 Å². The van der Waals surface area contributed by atoms with Gasteiger partial charge < -0.3 is 9.74 Å². The van der Waals surface area contributed by atoms with Crippen molar-refractivity contribution in [2.75, 3.05) is 11.9 Å². The van der Waals surface area contributed by atoms with Crippen molar-refractivity contribution in [1.82, 2.24) is 9.97 Å². The second-order valence-electron chi connectivity index (χ2n) is 5.28. The molecule has 3 aromatic rings. The smallest absolute Gasteiger partial charge is 0.347 e. The Morgan fingerprint density at radius 2 is 1.62 bits per heavy atom. The first-order valence-corrected chi connectivity index (χ1v) is 8.13. The maximum absolute atomic E-state index is 13.8. The van der Waals surface area contributed by atoms with Crippen LogP contribution in [0.4, 0.5) is 10.2 Å². The topological polar surface area (TPSA) is 50.6 Å². The maximum Gasteiger partial charge on any atom is 0.347 e. The van der Waals surface area contributed by atoms with Crippen LogP contribution < -0.4 is 9.74 Å². The van der Waals surface area contributed by atoms with Gasteiger partial charge in [0.15, 0.2) is 11.6 Å². The summed E-state index contributed by atoms with van der Waals surface area (Å²) in [5.41, 5.74) is 1.06. The van der Waals surface area contributed by atoms with Gasteiger partial charge >= 0.3 is 6.01 Å². The number of nitrogens with zero attached hydrogens (tertiary/aromatic N) is 4. The van der Waals surface area contributed by atoms with E-state index in [1.54, 1.807) is 18.9 Å². The fraction of sp³-hybridized carbons (Fsp3) is 0.150. The Hall–Kier alpha value is -3.28. The highest BCUT2D eigenvalue weighted by Gasteiger charge is 2.12. The summed E-state index contributed by atoms with van der Waals surface area (Å²) < 4.78 is 13.8.